The molecule has 0 aliphatic carbocycles. The van der Waals surface area contributed by atoms with Crippen molar-refractivity contribution in [2.24, 2.45) is 0 Å². The van der Waals surface area contributed by atoms with Crippen LogP contribution >= 0.6 is 0 Å². The Kier molecular flexibility index (Phi) is 11.2. The first-order valence-electron chi connectivity index (χ1n) is 24.5. The topological polar surface area (TPSA) is 6.48 Å². The van der Waals surface area contributed by atoms with Crippen molar-refractivity contribution in [2.75, 3.05) is 9.80 Å². The Morgan fingerprint density at radius 2 is 0.569 bits per heavy atom. The number of rotatable bonds is 10. The Morgan fingerprint density at radius 3 is 0.903 bits per heavy atom. The van der Waals surface area contributed by atoms with Gasteiger partial charge in [0, 0.05) is 44.4 Å². The third-order valence-corrected chi connectivity index (χ3v) is 14.3. The van der Waals surface area contributed by atoms with Crippen molar-refractivity contribution in [3.05, 3.63) is 264 Å². The zero-order chi connectivity index (χ0) is 49.0. The molecule has 0 spiro atoms. The van der Waals surface area contributed by atoms with Gasteiger partial charge in [0.05, 0.1) is 22.7 Å². The van der Waals surface area contributed by atoms with E-state index in [2.05, 4.69) is 157 Å². The average Bonchev–Trinajstić information content (AvgIpc) is 3.41. The highest BCUT2D eigenvalue weighted by molar-refractivity contribution is 6.28. The van der Waals surface area contributed by atoms with Gasteiger partial charge in [-0.3, -0.25) is 0 Å². The first-order valence-corrected chi connectivity index (χ1v) is 24.5. The third-order valence-electron chi connectivity index (χ3n) is 14.3. The number of para-hydroxylation sites is 2. The van der Waals surface area contributed by atoms with Crippen molar-refractivity contribution in [1.82, 2.24) is 0 Å². The fraction of sp³-hybridized carbons (Fsp3) is 0.0588. The lowest BCUT2D eigenvalue weighted by Crippen LogP contribution is -2.15. The van der Waals surface area contributed by atoms with Gasteiger partial charge in [0.2, 0.25) is 0 Å². The second-order valence-electron chi connectivity index (χ2n) is 19.0. The van der Waals surface area contributed by atoms with Gasteiger partial charge in [-0.05, 0) is 108 Å². The summed E-state index contributed by atoms with van der Waals surface area (Å²) in [5.74, 6) is -0.627. The van der Waals surface area contributed by atoms with Gasteiger partial charge in [0.1, 0.15) is 0 Å². The van der Waals surface area contributed by atoms with E-state index in [1.54, 1.807) is 0 Å². The van der Waals surface area contributed by atoms with Crippen LogP contribution in [0.1, 0.15) is 22.3 Å². The largest absolute Gasteiger partial charge is 0.307 e. The summed E-state index contributed by atoms with van der Waals surface area (Å²) in [6.07, 6.45) is 0. The Bertz CT molecular complexity index is 3680. The average molecular weight is 933 g/mol. The standard InChI is InChI=1S/C68H50F2N2/c1-43-15-23-47(24-16-43)55-37-39-57(49-27-19-45(3)20-28-49)67(65(55)69)71(53-11-7-5-8-12-53)61-41-33-51-32-36-60-62(42-34-52-31-35-59(61)63(51)64(52)60)72(54-13-9-6-10-14-54)68-58(50-29-21-46(4)22-30-50)40-38-56(66(68)70)48-25-17-44(2)18-26-48/h5-42H,1-4H3. The van der Waals surface area contributed by atoms with Gasteiger partial charge in [0.15, 0.2) is 11.6 Å². The lowest BCUT2D eigenvalue weighted by molar-refractivity contribution is 0.632. The van der Waals surface area contributed by atoms with Crippen LogP contribution in [0.3, 0.4) is 0 Å². The van der Waals surface area contributed by atoms with E-state index >= 15 is 8.78 Å². The summed E-state index contributed by atoms with van der Waals surface area (Å²) >= 11 is 0. The Labute approximate surface area is 419 Å². The Balaban J connectivity index is 1.14. The van der Waals surface area contributed by atoms with Crippen LogP contribution in [0.2, 0.25) is 0 Å². The minimum atomic E-state index is -0.313. The fourth-order valence-corrected chi connectivity index (χ4v) is 10.5. The quantitative estimate of drug-likeness (QED) is 0.126. The molecule has 12 aromatic rings. The minimum absolute atomic E-state index is 0.313. The smallest absolute Gasteiger partial charge is 0.155 e. The third kappa shape index (κ3) is 7.73. The Hall–Kier alpha value is -8.86. The van der Waals surface area contributed by atoms with Crippen molar-refractivity contribution < 1.29 is 8.78 Å². The summed E-state index contributed by atoms with van der Waals surface area (Å²) < 4.78 is 36.5. The van der Waals surface area contributed by atoms with Crippen LogP contribution in [0, 0.1) is 39.3 Å². The van der Waals surface area contributed by atoms with E-state index in [9.17, 15) is 0 Å². The molecule has 0 saturated carbocycles. The molecular weight excluding hydrogens is 883 g/mol. The fourth-order valence-electron chi connectivity index (χ4n) is 10.5. The maximum absolute atomic E-state index is 18.3. The van der Waals surface area contributed by atoms with E-state index < -0.39 is 0 Å². The van der Waals surface area contributed by atoms with Crippen LogP contribution in [0.4, 0.5) is 42.9 Å². The van der Waals surface area contributed by atoms with Gasteiger partial charge in [0.25, 0.3) is 0 Å². The molecule has 0 unspecified atom stereocenters. The molecule has 0 amide bonds. The van der Waals surface area contributed by atoms with Crippen LogP contribution in [0.25, 0.3) is 76.8 Å². The van der Waals surface area contributed by atoms with Crippen LogP contribution in [0.15, 0.2) is 231 Å². The van der Waals surface area contributed by atoms with Gasteiger partial charge in [-0.15, -0.1) is 0 Å². The minimum Gasteiger partial charge on any atom is -0.307 e. The van der Waals surface area contributed by atoms with Gasteiger partial charge in [-0.1, -0.05) is 216 Å². The van der Waals surface area contributed by atoms with Crippen molar-refractivity contribution >= 4 is 66.4 Å². The molecule has 0 fully saturated rings. The van der Waals surface area contributed by atoms with E-state index in [0.717, 1.165) is 111 Å². The van der Waals surface area contributed by atoms with Crippen LogP contribution in [-0.4, -0.2) is 0 Å². The molecule has 0 aliphatic heterocycles. The van der Waals surface area contributed by atoms with E-state index in [4.69, 9.17) is 0 Å². The highest BCUT2D eigenvalue weighted by Gasteiger charge is 2.29. The number of aryl methyl sites for hydroxylation is 4. The van der Waals surface area contributed by atoms with Crippen LogP contribution in [-0.2, 0) is 0 Å². The normalized spacial score (nSPS) is 11.5. The molecule has 0 saturated heterocycles. The molecular formula is C68H50F2N2. The first kappa shape index (κ1) is 44.4. The summed E-state index contributed by atoms with van der Waals surface area (Å²) in [6, 6.07) is 78.2. The molecule has 0 aliphatic rings. The summed E-state index contributed by atoms with van der Waals surface area (Å²) in [7, 11) is 0. The van der Waals surface area contributed by atoms with E-state index in [-0.39, 0.29) is 11.6 Å². The van der Waals surface area contributed by atoms with E-state index in [1.165, 1.54) is 0 Å². The number of hydrogen-bond donors (Lipinski definition) is 0. The van der Waals surface area contributed by atoms with Crippen molar-refractivity contribution in [3.63, 3.8) is 0 Å². The molecule has 0 aromatic heterocycles. The zero-order valence-corrected chi connectivity index (χ0v) is 40.6. The van der Waals surface area contributed by atoms with Gasteiger partial charge < -0.3 is 9.80 Å². The van der Waals surface area contributed by atoms with E-state index in [0.29, 0.717) is 22.5 Å². The number of nitrogens with zero attached hydrogens (tertiary/aromatic N) is 2. The highest BCUT2D eigenvalue weighted by Crippen LogP contribution is 2.52. The van der Waals surface area contributed by atoms with Gasteiger partial charge >= 0.3 is 0 Å². The molecule has 346 valence electrons. The summed E-state index contributed by atoms with van der Waals surface area (Å²) in [6.45, 7) is 8.23. The predicted molar refractivity (Wildman–Crippen MR) is 300 cm³/mol. The molecule has 0 heterocycles. The van der Waals surface area contributed by atoms with Crippen LogP contribution in [0.5, 0.6) is 0 Å². The molecule has 0 N–H and O–H groups in total. The number of hydrogen-bond acceptors (Lipinski definition) is 2. The monoisotopic (exact) mass is 932 g/mol. The molecule has 0 atom stereocenters. The van der Waals surface area contributed by atoms with Gasteiger partial charge in [-0.25, -0.2) is 8.78 Å². The summed E-state index contributed by atoms with van der Waals surface area (Å²) in [5, 5.41) is 6.09. The maximum Gasteiger partial charge on any atom is 0.155 e. The highest BCUT2D eigenvalue weighted by atomic mass is 19.1. The molecule has 2 nitrogen and oxygen atoms in total. The van der Waals surface area contributed by atoms with Gasteiger partial charge in [-0.2, -0.15) is 0 Å². The van der Waals surface area contributed by atoms with Crippen molar-refractivity contribution in [2.45, 2.75) is 27.7 Å². The first-order chi connectivity index (χ1) is 35.2. The molecule has 4 heteroatoms. The molecule has 0 radical (unpaired) electrons. The van der Waals surface area contributed by atoms with Crippen molar-refractivity contribution in [3.8, 4) is 44.5 Å². The lowest BCUT2D eigenvalue weighted by Gasteiger charge is -2.32. The second kappa shape index (κ2) is 18.1. The number of halogens is 2. The second-order valence-corrected chi connectivity index (χ2v) is 19.0. The predicted octanol–water partition coefficient (Wildman–Crippen LogP) is 19.7. The summed E-state index contributed by atoms with van der Waals surface area (Å²) in [5.41, 5.74) is 14.7. The van der Waals surface area contributed by atoms with Crippen molar-refractivity contribution in [1.29, 1.82) is 0 Å². The SMILES string of the molecule is Cc1ccc(-c2ccc(-c3ccc(C)cc3)c(N(c3ccccc3)c3ccc4ccc5c(N(c6ccccc6)c6c(-c7ccc(C)cc7)ccc(-c7ccc(C)cc7)c6F)ccc6ccc3c4c65)c2F)cc1. The summed E-state index contributed by atoms with van der Waals surface area (Å²) in [4.78, 5) is 4.20. The zero-order valence-electron chi connectivity index (χ0n) is 40.6. The molecule has 12 aromatic carbocycles. The maximum atomic E-state index is 18.3. The molecule has 72 heavy (non-hydrogen) atoms. The van der Waals surface area contributed by atoms with E-state index in [1.807, 2.05) is 111 Å². The molecule has 12 rings (SSSR count). The van der Waals surface area contributed by atoms with Crippen LogP contribution < -0.4 is 9.80 Å². The molecule has 0 bridgehead atoms. The number of anilines is 6. The lowest BCUT2D eigenvalue weighted by atomic mass is 9.90. The Morgan fingerprint density at radius 1 is 0.278 bits per heavy atom. The number of benzene rings is 12.